The number of rotatable bonds is 6. The van der Waals surface area contributed by atoms with Gasteiger partial charge in [-0.3, -0.25) is 0 Å². The minimum Gasteiger partial charge on any atom is -0.380 e. The monoisotopic (exact) mass is 431 g/mol. The smallest absolute Gasteiger partial charge is 0.134 e. The molecule has 160 valence electrons. The normalized spacial score (nSPS) is 11.0. The van der Waals surface area contributed by atoms with Crippen LogP contribution in [-0.4, -0.2) is 7.11 Å². The number of fused-ring (bicyclic) bond motifs is 1. The number of nitriles is 1. The van der Waals surface area contributed by atoms with Crippen LogP contribution in [0.15, 0.2) is 66.7 Å². The van der Waals surface area contributed by atoms with E-state index >= 15 is 4.39 Å². The maximum absolute atomic E-state index is 15.1. The lowest BCUT2D eigenvalue weighted by Crippen LogP contribution is -1.98. The van der Waals surface area contributed by atoms with Gasteiger partial charge >= 0.3 is 0 Å². The molecule has 0 spiro atoms. The summed E-state index contributed by atoms with van der Waals surface area (Å²) < 4.78 is 49.2. The van der Waals surface area contributed by atoms with Crippen LogP contribution in [0.5, 0.6) is 0 Å². The first-order valence-corrected chi connectivity index (χ1v) is 10.2. The molecule has 0 heterocycles. The van der Waals surface area contributed by atoms with Crippen LogP contribution >= 0.6 is 0 Å². The molecule has 5 heteroatoms. The Kier molecular flexibility index (Phi) is 6.25. The summed E-state index contributed by atoms with van der Waals surface area (Å²) in [7, 11) is 1.46. The molecule has 0 N–H and O–H groups in total. The Labute approximate surface area is 184 Å². The quantitative estimate of drug-likeness (QED) is 0.339. The van der Waals surface area contributed by atoms with E-state index in [1.54, 1.807) is 36.4 Å². The first-order valence-electron chi connectivity index (χ1n) is 10.2. The Balaban J connectivity index is 1.62. The van der Waals surface area contributed by atoms with Crippen LogP contribution in [0.4, 0.5) is 13.2 Å². The zero-order valence-corrected chi connectivity index (χ0v) is 17.5. The van der Waals surface area contributed by atoms with Gasteiger partial charge in [0.1, 0.15) is 17.5 Å². The highest BCUT2D eigenvalue weighted by molar-refractivity contribution is 5.88. The van der Waals surface area contributed by atoms with E-state index in [4.69, 9.17) is 10.00 Å². The van der Waals surface area contributed by atoms with Gasteiger partial charge in [0.25, 0.3) is 0 Å². The summed E-state index contributed by atoms with van der Waals surface area (Å²) in [6.07, 6.45) is 1.14. The molecule has 4 rings (SSSR count). The van der Waals surface area contributed by atoms with Crippen molar-refractivity contribution >= 4 is 10.8 Å². The van der Waals surface area contributed by atoms with Gasteiger partial charge in [0.05, 0.1) is 23.8 Å². The van der Waals surface area contributed by atoms with E-state index in [9.17, 15) is 8.78 Å². The Bertz CT molecular complexity index is 1300. The first kappa shape index (κ1) is 21.6. The third-order valence-electron chi connectivity index (χ3n) is 5.50. The predicted molar refractivity (Wildman–Crippen MR) is 119 cm³/mol. The number of halogens is 3. The van der Waals surface area contributed by atoms with E-state index in [1.165, 1.54) is 25.3 Å². The number of ether oxygens (including phenoxy) is 1. The van der Waals surface area contributed by atoms with Crippen molar-refractivity contribution in [3.8, 4) is 17.2 Å². The van der Waals surface area contributed by atoms with E-state index in [2.05, 4.69) is 6.07 Å². The van der Waals surface area contributed by atoms with Crippen LogP contribution in [0, 0.1) is 28.8 Å². The van der Waals surface area contributed by atoms with Crippen LogP contribution in [0.3, 0.4) is 0 Å². The SMILES string of the molecule is COCc1cc(F)c(-c2ccc3c(F)c(CCc4ccc(C#N)cc4)ccc3c2)c(F)c1. The highest BCUT2D eigenvalue weighted by Crippen LogP contribution is 2.32. The third-order valence-corrected chi connectivity index (χ3v) is 5.50. The maximum Gasteiger partial charge on any atom is 0.134 e. The molecule has 0 atom stereocenters. The lowest BCUT2D eigenvalue weighted by Gasteiger charge is -2.11. The lowest BCUT2D eigenvalue weighted by atomic mass is 9.96. The molecule has 0 aliphatic rings. The zero-order chi connectivity index (χ0) is 22.7. The molecule has 2 nitrogen and oxygen atoms in total. The van der Waals surface area contributed by atoms with Crippen molar-refractivity contribution in [1.82, 2.24) is 0 Å². The highest BCUT2D eigenvalue weighted by Gasteiger charge is 2.15. The van der Waals surface area contributed by atoms with Gasteiger partial charge < -0.3 is 4.74 Å². The van der Waals surface area contributed by atoms with Gasteiger partial charge in [-0.05, 0) is 70.8 Å². The fourth-order valence-corrected chi connectivity index (χ4v) is 3.86. The van der Waals surface area contributed by atoms with Crippen LogP contribution in [0.1, 0.15) is 22.3 Å². The minimum atomic E-state index is -0.684. The van der Waals surface area contributed by atoms with Gasteiger partial charge in [-0.25, -0.2) is 13.2 Å². The van der Waals surface area contributed by atoms with E-state index < -0.39 is 11.6 Å². The van der Waals surface area contributed by atoms with Crippen molar-refractivity contribution in [2.45, 2.75) is 19.4 Å². The molecule has 32 heavy (non-hydrogen) atoms. The molecule has 0 saturated heterocycles. The summed E-state index contributed by atoms with van der Waals surface area (Å²) in [4.78, 5) is 0. The van der Waals surface area contributed by atoms with Crippen LogP contribution < -0.4 is 0 Å². The summed E-state index contributed by atoms with van der Waals surface area (Å²) in [5, 5.41) is 9.86. The van der Waals surface area contributed by atoms with Gasteiger partial charge in [0.15, 0.2) is 0 Å². The second-order valence-electron chi connectivity index (χ2n) is 7.65. The fourth-order valence-electron chi connectivity index (χ4n) is 3.86. The van der Waals surface area contributed by atoms with E-state index in [-0.39, 0.29) is 18.0 Å². The van der Waals surface area contributed by atoms with Crippen molar-refractivity contribution in [2.24, 2.45) is 0 Å². The number of aryl methyl sites for hydroxylation is 2. The average Bonchev–Trinajstić information content (AvgIpc) is 2.79. The van der Waals surface area contributed by atoms with Gasteiger partial charge in [0.2, 0.25) is 0 Å². The molecule has 0 amide bonds. The molecule has 0 bridgehead atoms. The molecule has 0 fully saturated rings. The Morgan fingerprint density at radius 3 is 2.19 bits per heavy atom. The molecule has 4 aromatic carbocycles. The number of hydrogen-bond donors (Lipinski definition) is 0. The van der Waals surface area contributed by atoms with Crippen LogP contribution in [0.25, 0.3) is 21.9 Å². The van der Waals surface area contributed by atoms with Crippen molar-refractivity contribution < 1.29 is 17.9 Å². The molecule has 0 aliphatic heterocycles. The summed E-state index contributed by atoms with van der Waals surface area (Å²) in [5.74, 6) is -1.70. The number of hydrogen-bond acceptors (Lipinski definition) is 2. The second-order valence-corrected chi connectivity index (χ2v) is 7.65. The van der Waals surface area contributed by atoms with Gasteiger partial charge in [-0.2, -0.15) is 5.26 Å². The first-order chi connectivity index (χ1) is 15.5. The van der Waals surface area contributed by atoms with Crippen LogP contribution in [0.2, 0.25) is 0 Å². The standard InChI is InChI=1S/C27H20F3NO/c1-32-16-19-12-24(28)26(25(29)13-19)22-10-11-23-21(14-22)9-8-20(27(23)30)7-6-17-2-4-18(15-31)5-3-17/h2-5,8-14H,6-7,16H2,1H3. The van der Waals surface area contributed by atoms with Crippen LogP contribution in [-0.2, 0) is 24.2 Å². The molecule has 0 aromatic heterocycles. The molecule has 0 radical (unpaired) electrons. The third kappa shape index (κ3) is 4.37. The summed E-state index contributed by atoms with van der Waals surface area (Å²) in [6.45, 7) is 0.113. The molecule has 0 saturated carbocycles. The predicted octanol–water partition coefficient (Wildman–Crippen LogP) is 6.73. The largest absolute Gasteiger partial charge is 0.380 e. The van der Waals surface area contributed by atoms with Gasteiger partial charge in [0, 0.05) is 12.5 Å². The van der Waals surface area contributed by atoms with Crippen molar-refractivity contribution in [3.63, 3.8) is 0 Å². The summed E-state index contributed by atoms with van der Waals surface area (Å²) >= 11 is 0. The molecule has 0 unspecified atom stereocenters. The fraction of sp³-hybridized carbons (Fsp3) is 0.148. The average molecular weight is 431 g/mol. The van der Waals surface area contributed by atoms with E-state index in [1.807, 2.05) is 12.1 Å². The number of methoxy groups -OCH3 is 1. The highest BCUT2D eigenvalue weighted by atomic mass is 19.1. The molecule has 4 aromatic rings. The molecular weight excluding hydrogens is 411 g/mol. The summed E-state index contributed by atoms with van der Waals surface area (Å²) in [6, 6.07) is 20.0. The zero-order valence-electron chi connectivity index (χ0n) is 17.5. The Morgan fingerprint density at radius 2 is 1.53 bits per heavy atom. The topological polar surface area (TPSA) is 33.0 Å². The van der Waals surface area contributed by atoms with Crippen molar-refractivity contribution in [2.75, 3.05) is 7.11 Å². The molecular formula is C27H20F3NO. The summed E-state index contributed by atoms with van der Waals surface area (Å²) in [5.41, 5.74) is 2.78. The maximum atomic E-state index is 15.1. The molecule has 0 aliphatic carbocycles. The van der Waals surface area contributed by atoms with Gasteiger partial charge in [-0.1, -0.05) is 36.4 Å². The van der Waals surface area contributed by atoms with E-state index in [0.29, 0.717) is 45.9 Å². The Morgan fingerprint density at radius 1 is 0.812 bits per heavy atom. The minimum absolute atomic E-state index is 0.113. The van der Waals surface area contributed by atoms with Gasteiger partial charge in [-0.15, -0.1) is 0 Å². The van der Waals surface area contributed by atoms with Crippen molar-refractivity contribution in [3.05, 3.63) is 106 Å². The van der Waals surface area contributed by atoms with Crippen molar-refractivity contribution in [1.29, 1.82) is 5.26 Å². The van der Waals surface area contributed by atoms with E-state index in [0.717, 1.165) is 5.56 Å². The Hall–Kier alpha value is -3.62. The number of benzene rings is 4. The number of nitrogens with zero attached hydrogens (tertiary/aromatic N) is 1. The second kappa shape index (κ2) is 9.25. The lowest BCUT2D eigenvalue weighted by molar-refractivity contribution is 0.184.